The summed E-state index contributed by atoms with van der Waals surface area (Å²) >= 11 is 0.300. The van der Waals surface area contributed by atoms with Crippen LogP contribution in [0.5, 0.6) is 0 Å². The van der Waals surface area contributed by atoms with E-state index >= 15 is 0 Å². The Morgan fingerprint density at radius 1 is 0.250 bits per heavy atom. The van der Waals surface area contributed by atoms with Gasteiger partial charge in [-0.3, -0.25) is 0 Å². The van der Waals surface area contributed by atoms with Crippen molar-refractivity contribution in [1.82, 2.24) is 0 Å². The molecule has 0 aliphatic rings. The predicted molar refractivity (Wildman–Crippen MR) is 251 cm³/mol. The van der Waals surface area contributed by atoms with Crippen LogP contribution in [0, 0.1) is 13.8 Å². The van der Waals surface area contributed by atoms with E-state index in [1.54, 1.807) is 0 Å². The van der Waals surface area contributed by atoms with Gasteiger partial charge in [-0.25, -0.2) is 0 Å². The summed E-state index contributed by atoms with van der Waals surface area (Å²) in [6.07, 6.45) is 60.3. The first-order chi connectivity index (χ1) is 27.7. The van der Waals surface area contributed by atoms with Crippen LogP contribution in [0.4, 0.5) is 0 Å². The Morgan fingerprint density at radius 3 is 0.500 bits per heavy atom. The molecule has 0 bridgehead atoms. The number of unbranched alkanes of at least 4 members (excludes halogenated alkanes) is 40. The van der Waals surface area contributed by atoms with Crippen LogP contribution in [0.3, 0.4) is 0 Å². The molecular formula is C52H110O3Zr. The minimum absolute atomic E-state index is 0.300. The summed E-state index contributed by atoms with van der Waals surface area (Å²) < 4.78 is 8.34. The van der Waals surface area contributed by atoms with Crippen molar-refractivity contribution < 1.29 is 37.7 Å². The molecule has 0 rings (SSSR count). The van der Waals surface area contributed by atoms with E-state index in [1.807, 2.05) is 0 Å². The van der Waals surface area contributed by atoms with Crippen molar-refractivity contribution in [3.63, 3.8) is 0 Å². The number of hydrogen-bond acceptors (Lipinski definition) is 3. The van der Waals surface area contributed by atoms with Crippen molar-refractivity contribution in [3.8, 4) is 0 Å². The topological polar surface area (TPSA) is 57.5 Å². The first-order valence-electron chi connectivity index (χ1n) is 25.7. The zero-order chi connectivity index (χ0) is 42.5. The molecule has 0 heterocycles. The third-order valence-electron chi connectivity index (χ3n) is 10.7. The maximum absolute atomic E-state index is 8.59. The third kappa shape index (κ3) is 86.4. The molecule has 3 nitrogen and oxygen atoms in total. The molecule has 56 heavy (non-hydrogen) atoms. The van der Waals surface area contributed by atoms with Gasteiger partial charge in [0.25, 0.3) is 0 Å². The monoisotopic (exact) mass is 873 g/mol. The molecule has 2 N–H and O–H groups in total. The van der Waals surface area contributed by atoms with Crippen molar-refractivity contribution in [2.45, 2.75) is 310 Å². The number of hydrogen-bond donors (Lipinski definition) is 2. The standard InChI is InChI=1S/2C13H28O.2C13H27.O.Zr/c2*1-2-3-4-5-6-7-8-9-10-11-12-13-14;2*1-3-5-7-9-11-13-12-10-8-6-4-2;;/h2*14H,2-13H2,1H3;2*1,3-13H2,2H3;;/q;;2*-1;;+2. The Morgan fingerprint density at radius 2 is 0.375 bits per heavy atom. The van der Waals surface area contributed by atoms with Crippen LogP contribution < -0.4 is 0 Å². The van der Waals surface area contributed by atoms with Crippen molar-refractivity contribution in [2.75, 3.05) is 13.2 Å². The quantitative estimate of drug-likeness (QED) is 0.0475. The fourth-order valence-corrected chi connectivity index (χ4v) is 6.88. The molecule has 0 saturated heterocycles. The van der Waals surface area contributed by atoms with E-state index in [9.17, 15) is 0 Å². The molecule has 0 atom stereocenters. The molecule has 0 aliphatic carbocycles. The van der Waals surface area contributed by atoms with Gasteiger partial charge in [0.2, 0.25) is 0 Å². The third-order valence-corrected chi connectivity index (χ3v) is 10.7. The first kappa shape index (κ1) is 65.7. The normalized spacial score (nSPS) is 10.4. The molecule has 0 fully saturated rings. The van der Waals surface area contributed by atoms with Gasteiger partial charge in [-0.05, 0) is 12.8 Å². The van der Waals surface area contributed by atoms with Gasteiger partial charge in [-0.2, -0.15) is 12.8 Å². The van der Waals surface area contributed by atoms with Crippen LogP contribution in [-0.4, -0.2) is 23.4 Å². The molecule has 0 spiro atoms. The van der Waals surface area contributed by atoms with Gasteiger partial charge in [-0.1, -0.05) is 285 Å². The van der Waals surface area contributed by atoms with E-state index in [-0.39, 0.29) is 0 Å². The predicted octanol–water partition coefficient (Wildman–Crippen LogP) is 18.7. The summed E-state index contributed by atoms with van der Waals surface area (Å²) in [6, 6.07) is 0. The van der Waals surface area contributed by atoms with Gasteiger partial charge >= 0.3 is 27.5 Å². The SMILES string of the molecule is CCCCCCCCCCCCCO.CCCCCCCCCCCCCO.[CH2-]CCCCCCCCCCCC.[CH2-]CCCCCCCCCCCC.[O]=[Zr+2]. The molecule has 0 radical (unpaired) electrons. The van der Waals surface area contributed by atoms with Crippen LogP contribution in [0.2, 0.25) is 0 Å². The van der Waals surface area contributed by atoms with Gasteiger partial charge in [0.05, 0.1) is 0 Å². The molecule has 0 saturated carbocycles. The summed E-state index contributed by atoms with van der Waals surface area (Å²) in [6.45, 7) is 17.5. The summed E-state index contributed by atoms with van der Waals surface area (Å²) in [5.41, 5.74) is 0. The van der Waals surface area contributed by atoms with Crippen molar-refractivity contribution in [2.24, 2.45) is 0 Å². The van der Waals surface area contributed by atoms with Crippen LogP contribution in [0.15, 0.2) is 0 Å². The molecule has 0 amide bonds. The Hall–Kier alpha value is 0.603. The zero-order valence-corrected chi connectivity index (χ0v) is 42.2. The Bertz CT molecular complexity index is 456. The molecule has 0 aromatic rings. The average molecular weight is 875 g/mol. The second-order valence-electron chi connectivity index (χ2n) is 16.6. The average Bonchev–Trinajstić information content (AvgIpc) is 3.22. The molecule has 0 unspecified atom stereocenters. The Kier molecular flexibility index (Phi) is 89.6. The molecular weight excluding hydrogens is 764 g/mol. The Labute approximate surface area is 373 Å². The summed E-state index contributed by atoms with van der Waals surface area (Å²) in [5.74, 6) is 0. The van der Waals surface area contributed by atoms with Crippen molar-refractivity contribution in [3.05, 3.63) is 13.8 Å². The van der Waals surface area contributed by atoms with Gasteiger partial charge in [0.1, 0.15) is 0 Å². The van der Waals surface area contributed by atoms with Gasteiger partial charge in [-0.15, -0.1) is 0 Å². The molecule has 0 aromatic carbocycles. The van der Waals surface area contributed by atoms with E-state index in [0.29, 0.717) is 37.9 Å². The molecule has 340 valence electrons. The molecule has 0 aromatic heterocycles. The first-order valence-corrected chi connectivity index (χ1v) is 26.7. The van der Waals surface area contributed by atoms with E-state index in [0.717, 1.165) is 25.7 Å². The summed E-state index contributed by atoms with van der Waals surface area (Å²) in [5, 5.41) is 17.2. The fraction of sp³-hybridized carbons (Fsp3) is 0.962. The molecule has 4 heteroatoms. The minimum atomic E-state index is 0.300. The van der Waals surface area contributed by atoms with Crippen LogP contribution in [0.1, 0.15) is 310 Å². The Balaban J connectivity index is -0.000000203. The second kappa shape index (κ2) is 76.3. The van der Waals surface area contributed by atoms with Gasteiger partial charge < -0.3 is 24.1 Å². The van der Waals surface area contributed by atoms with Crippen LogP contribution >= 0.6 is 0 Å². The second-order valence-corrected chi connectivity index (χ2v) is 16.6. The van der Waals surface area contributed by atoms with Gasteiger partial charge in [0.15, 0.2) is 0 Å². The number of aliphatic hydroxyl groups excluding tert-OH is 2. The van der Waals surface area contributed by atoms with Crippen molar-refractivity contribution >= 4 is 0 Å². The van der Waals surface area contributed by atoms with Crippen LogP contribution in [0.25, 0.3) is 0 Å². The maximum atomic E-state index is 8.59. The van der Waals surface area contributed by atoms with E-state index in [2.05, 4.69) is 41.5 Å². The zero-order valence-electron chi connectivity index (χ0n) is 39.7. The van der Waals surface area contributed by atoms with Crippen LogP contribution in [-0.2, 0) is 27.5 Å². The number of rotatable bonds is 42. The summed E-state index contributed by atoms with van der Waals surface area (Å²) in [7, 11) is 0. The van der Waals surface area contributed by atoms with E-state index < -0.39 is 0 Å². The molecule has 0 aliphatic heterocycles. The van der Waals surface area contributed by atoms with E-state index in [1.165, 1.54) is 257 Å². The number of aliphatic hydroxyl groups is 2. The summed E-state index contributed by atoms with van der Waals surface area (Å²) in [4.78, 5) is 0. The van der Waals surface area contributed by atoms with E-state index in [4.69, 9.17) is 13.0 Å². The fourth-order valence-electron chi connectivity index (χ4n) is 6.88. The van der Waals surface area contributed by atoms with Crippen molar-refractivity contribution in [1.29, 1.82) is 0 Å². The van der Waals surface area contributed by atoms with Gasteiger partial charge in [0, 0.05) is 13.2 Å².